The van der Waals surface area contributed by atoms with E-state index in [0.717, 1.165) is 11.4 Å². The van der Waals surface area contributed by atoms with Crippen LogP contribution in [0.4, 0.5) is 0 Å². The van der Waals surface area contributed by atoms with E-state index in [4.69, 9.17) is 23.3 Å². The van der Waals surface area contributed by atoms with E-state index in [9.17, 15) is 19.9 Å². The van der Waals surface area contributed by atoms with E-state index in [0.29, 0.717) is 11.5 Å². The minimum absolute atomic E-state index is 0.215. The fourth-order valence-corrected chi connectivity index (χ4v) is 6.85. The van der Waals surface area contributed by atoms with Gasteiger partial charge in [0.1, 0.15) is 35.9 Å². The highest BCUT2D eigenvalue weighted by atomic mass is 32.7. The van der Waals surface area contributed by atoms with Crippen LogP contribution in [-0.4, -0.2) is 63.7 Å². The summed E-state index contributed by atoms with van der Waals surface area (Å²) in [6.45, 7) is -0.467. The van der Waals surface area contributed by atoms with Crippen LogP contribution in [0.1, 0.15) is 13.8 Å². The molecular weight excluding hydrogens is 471 g/mol. The standard InChI is InChI=1S/C22H27O9PS/c1-22(2)28-20-18(25)19(27-21(20)29-22)17(24)16(23)13-33-32(26,30-14-9-5-3-6-10-14)31-15-11-7-4-8-12-15/h3-12,16-21,23-25H,13H2,1-2H3/t16?,17?,18-,19+,20+,21+/m0/s1. The van der Waals surface area contributed by atoms with Gasteiger partial charge in [-0.1, -0.05) is 36.4 Å². The number of rotatable bonds is 9. The van der Waals surface area contributed by atoms with Gasteiger partial charge in [-0.3, -0.25) is 0 Å². The summed E-state index contributed by atoms with van der Waals surface area (Å²) in [5.74, 6) is -0.471. The number of hydrogen-bond acceptors (Lipinski definition) is 10. The molecule has 2 aliphatic rings. The van der Waals surface area contributed by atoms with Crippen molar-refractivity contribution >= 4 is 18.2 Å². The predicted octanol–water partition coefficient (Wildman–Crippen LogP) is 2.94. The van der Waals surface area contributed by atoms with Gasteiger partial charge in [-0.15, -0.1) is 0 Å². The molecule has 0 saturated carbocycles. The second kappa shape index (κ2) is 9.93. The molecule has 3 N–H and O–H groups in total. The van der Waals surface area contributed by atoms with E-state index in [1.54, 1.807) is 74.5 Å². The van der Waals surface area contributed by atoms with E-state index in [2.05, 4.69) is 0 Å². The lowest BCUT2D eigenvalue weighted by Crippen LogP contribution is -2.46. The van der Waals surface area contributed by atoms with Crippen LogP contribution in [0.3, 0.4) is 0 Å². The van der Waals surface area contributed by atoms with Crippen LogP contribution in [0, 0.1) is 0 Å². The normalized spacial score (nSPS) is 28.2. The maximum atomic E-state index is 13.5. The number of ether oxygens (including phenoxy) is 3. The van der Waals surface area contributed by atoms with Gasteiger partial charge >= 0.3 is 6.80 Å². The molecule has 0 amide bonds. The molecule has 2 heterocycles. The Morgan fingerprint density at radius 3 is 2.06 bits per heavy atom. The average molecular weight is 498 g/mol. The molecule has 2 unspecified atom stereocenters. The molecule has 9 nitrogen and oxygen atoms in total. The smallest absolute Gasteiger partial charge is 0.408 e. The summed E-state index contributed by atoms with van der Waals surface area (Å²) in [6.07, 6.45) is -6.89. The van der Waals surface area contributed by atoms with Crippen molar-refractivity contribution in [1.82, 2.24) is 0 Å². The number of para-hydroxylation sites is 2. The van der Waals surface area contributed by atoms with Gasteiger partial charge in [0.25, 0.3) is 0 Å². The number of aliphatic hydroxyl groups is 3. The summed E-state index contributed by atoms with van der Waals surface area (Å²) in [7, 11) is 0. The first-order chi connectivity index (χ1) is 15.7. The topological polar surface area (TPSA) is 124 Å². The van der Waals surface area contributed by atoms with Gasteiger partial charge in [-0.05, 0) is 49.5 Å². The van der Waals surface area contributed by atoms with Crippen LogP contribution in [0.2, 0.25) is 0 Å². The summed E-state index contributed by atoms with van der Waals surface area (Å²) in [6, 6.07) is 17.0. The summed E-state index contributed by atoms with van der Waals surface area (Å²) >= 11 is 0.732. The molecule has 0 aliphatic carbocycles. The summed E-state index contributed by atoms with van der Waals surface area (Å²) in [4.78, 5) is 0. The SMILES string of the molecule is CC1(C)O[C@H]2O[C@H](C(O)C(O)CSP(=O)(Oc3ccccc3)Oc3ccccc3)[C@H](O)[C@H]2O1. The van der Waals surface area contributed by atoms with Gasteiger partial charge in [0.2, 0.25) is 0 Å². The Bertz CT molecular complexity index is 915. The van der Waals surface area contributed by atoms with Crippen molar-refractivity contribution in [2.24, 2.45) is 0 Å². The van der Waals surface area contributed by atoms with Gasteiger partial charge in [0.15, 0.2) is 12.1 Å². The zero-order valence-corrected chi connectivity index (χ0v) is 19.8. The van der Waals surface area contributed by atoms with Crippen LogP contribution in [0.25, 0.3) is 0 Å². The van der Waals surface area contributed by atoms with Crippen molar-refractivity contribution in [3.8, 4) is 11.5 Å². The molecule has 2 aliphatic heterocycles. The maximum Gasteiger partial charge on any atom is 0.492 e. The molecule has 0 radical (unpaired) electrons. The third-order valence-corrected chi connectivity index (χ3v) is 8.63. The van der Waals surface area contributed by atoms with Gasteiger partial charge in [0.05, 0.1) is 6.10 Å². The van der Waals surface area contributed by atoms with Crippen LogP contribution in [-0.2, 0) is 18.8 Å². The molecule has 2 saturated heterocycles. The Morgan fingerprint density at radius 2 is 1.55 bits per heavy atom. The number of hydrogen-bond donors (Lipinski definition) is 3. The number of fused-ring (bicyclic) bond motifs is 1. The molecule has 0 aromatic heterocycles. The third kappa shape index (κ3) is 5.90. The molecule has 180 valence electrons. The molecule has 11 heteroatoms. The minimum Gasteiger partial charge on any atom is -0.408 e. The Hall–Kier alpha value is -1.62. The van der Waals surface area contributed by atoms with Crippen LogP contribution >= 0.6 is 18.2 Å². The highest BCUT2D eigenvalue weighted by Crippen LogP contribution is 2.60. The van der Waals surface area contributed by atoms with Crippen molar-refractivity contribution in [2.45, 2.75) is 56.4 Å². The minimum atomic E-state index is -3.85. The lowest BCUT2D eigenvalue weighted by Gasteiger charge is -2.28. The molecule has 0 bridgehead atoms. The highest BCUT2D eigenvalue weighted by Gasteiger charge is 2.56. The van der Waals surface area contributed by atoms with Gasteiger partial charge in [-0.25, -0.2) is 4.57 Å². The summed E-state index contributed by atoms with van der Waals surface area (Å²) in [5, 5.41) is 31.7. The van der Waals surface area contributed by atoms with Crippen molar-refractivity contribution in [2.75, 3.05) is 5.75 Å². The van der Waals surface area contributed by atoms with E-state index in [1.807, 2.05) is 0 Å². The molecule has 2 aromatic rings. The van der Waals surface area contributed by atoms with Gasteiger partial charge < -0.3 is 38.6 Å². The fraction of sp³-hybridized carbons (Fsp3) is 0.455. The van der Waals surface area contributed by atoms with Crippen molar-refractivity contribution < 1.29 is 43.1 Å². The Kier molecular flexibility index (Phi) is 7.38. The largest absolute Gasteiger partial charge is 0.492 e. The van der Waals surface area contributed by atoms with E-state index in [-0.39, 0.29) is 5.75 Å². The maximum absolute atomic E-state index is 13.5. The summed E-state index contributed by atoms with van der Waals surface area (Å²) < 4.78 is 41.6. The van der Waals surface area contributed by atoms with E-state index < -0.39 is 49.4 Å². The second-order valence-corrected chi connectivity index (χ2v) is 12.1. The Balaban J connectivity index is 1.41. The van der Waals surface area contributed by atoms with Crippen LogP contribution in [0.15, 0.2) is 60.7 Å². The number of aliphatic hydroxyl groups excluding tert-OH is 3. The first-order valence-corrected chi connectivity index (χ1v) is 13.6. The molecule has 6 atom stereocenters. The monoisotopic (exact) mass is 498 g/mol. The Labute approximate surface area is 195 Å². The van der Waals surface area contributed by atoms with Crippen LogP contribution in [0.5, 0.6) is 11.5 Å². The highest BCUT2D eigenvalue weighted by molar-refractivity contribution is 8.55. The van der Waals surface area contributed by atoms with Crippen molar-refractivity contribution in [3.63, 3.8) is 0 Å². The lowest BCUT2D eigenvalue weighted by atomic mass is 10.0. The second-order valence-electron chi connectivity index (χ2n) is 8.17. The zero-order valence-electron chi connectivity index (χ0n) is 18.1. The van der Waals surface area contributed by atoms with E-state index in [1.165, 1.54) is 0 Å². The quantitative estimate of drug-likeness (QED) is 0.445. The Morgan fingerprint density at radius 1 is 1.00 bits per heavy atom. The first kappa shape index (κ1) is 24.5. The molecule has 2 aromatic carbocycles. The van der Waals surface area contributed by atoms with Gasteiger partial charge in [-0.2, -0.15) is 0 Å². The first-order valence-electron chi connectivity index (χ1n) is 10.4. The molecular formula is C22H27O9PS. The predicted molar refractivity (Wildman–Crippen MR) is 121 cm³/mol. The molecule has 2 fully saturated rings. The average Bonchev–Trinajstić information content (AvgIpc) is 3.25. The number of benzene rings is 2. The van der Waals surface area contributed by atoms with Crippen molar-refractivity contribution in [1.29, 1.82) is 0 Å². The van der Waals surface area contributed by atoms with E-state index >= 15 is 0 Å². The van der Waals surface area contributed by atoms with Crippen molar-refractivity contribution in [3.05, 3.63) is 60.7 Å². The van der Waals surface area contributed by atoms with Gasteiger partial charge in [0, 0.05) is 5.75 Å². The fourth-order valence-electron chi connectivity index (χ4n) is 3.58. The van der Waals surface area contributed by atoms with Crippen LogP contribution < -0.4 is 9.05 Å². The molecule has 33 heavy (non-hydrogen) atoms. The zero-order chi connectivity index (χ0) is 23.6. The summed E-state index contributed by atoms with van der Waals surface area (Å²) in [5.41, 5.74) is 0. The third-order valence-electron chi connectivity index (χ3n) is 5.11. The molecule has 0 spiro atoms. The molecule has 4 rings (SSSR count). The lowest BCUT2D eigenvalue weighted by molar-refractivity contribution is -0.230.